The lowest BCUT2D eigenvalue weighted by Gasteiger charge is -2.36. The lowest BCUT2D eigenvalue weighted by atomic mass is 9.91. The molecule has 2 aliphatic rings. The van der Waals surface area contributed by atoms with Crippen molar-refractivity contribution in [1.82, 2.24) is 9.80 Å². The Bertz CT molecular complexity index is 657. The topological polar surface area (TPSA) is 43.9 Å². The molecule has 1 aromatic carbocycles. The molecule has 0 aromatic heterocycles. The van der Waals surface area contributed by atoms with Crippen molar-refractivity contribution in [2.45, 2.75) is 40.0 Å². The van der Waals surface area contributed by atoms with E-state index < -0.39 is 0 Å². The summed E-state index contributed by atoms with van der Waals surface area (Å²) >= 11 is 0. The Morgan fingerprint density at radius 2 is 1.65 bits per heavy atom. The third-order valence-electron chi connectivity index (χ3n) is 5.24. The summed E-state index contributed by atoms with van der Waals surface area (Å²) in [7, 11) is 0. The molecule has 3 rings (SSSR count). The molecule has 1 saturated heterocycles. The van der Waals surface area contributed by atoms with E-state index in [-0.39, 0.29) is 17.2 Å². The molecule has 0 N–H and O–H groups in total. The van der Waals surface area contributed by atoms with E-state index in [4.69, 9.17) is 0 Å². The second-order valence-corrected chi connectivity index (χ2v) is 8.63. The SMILES string of the molecule is CC(C)(C)CC(=O)N1CCN(CCC(=O)N2CCc3ccccc32)CC1. The molecule has 0 unspecified atom stereocenters. The van der Waals surface area contributed by atoms with Crippen molar-refractivity contribution in [1.29, 1.82) is 0 Å². The molecule has 2 aliphatic heterocycles. The highest BCUT2D eigenvalue weighted by Gasteiger charge is 2.27. The van der Waals surface area contributed by atoms with Crippen LogP contribution in [-0.2, 0) is 16.0 Å². The molecule has 142 valence electrons. The van der Waals surface area contributed by atoms with Gasteiger partial charge in [0.1, 0.15) is 0 Å². The minimum absolute atomic E-state index is 0.0344. The van der Waals surface area contributed by atoms with E-state index >= 15 is 0 Å². The summed E-state index contributed by atoms with van der Waals surface area (Å²) in [4.78, 5) is 31.1. The van der Waals surface area contributed by atoms with Crippen LogP contribution in [0.25, 0.3) is 0 Å². The fraction of sp³-hybridized carbons (Fsp3) is 0.619. The normalized spacial score (nSPS) is 18.1. The highest BCUT2D eigenvalue weighted by molar-refractivity contribution is 5.95. The lowest BCUT2D eigenvalue weighted by molar-refractivity contribution is -0.135. The number of hydrogen-bond acceptors (Lipinski definition) is 3. The van der Waals surface area contributed by atoms with Gasteiger partial charge in [0, 0.05) is 57.8 Å². The maximum absolute atomic E-state index is 12.6. The van der Waals surface area contributed by atoms with Crippen LogP contribution in [0.4, 0.5) is 5.69 Å². The van der Waals surface area contributed by atoms with Gasteiger partial charge in [-0.15, -0.1) is 0 Å². The molecule has 0 saturated carbocycles. The second-order valence-electron chi connectivity index (χ2n) is 8.63. The molecule has 1 aromatic rings. The van der Waals surface area contributed by atoms with Gasteiger partial charge in [0.15, 0.2) is 0 Å². The Kier molecular flexibility index (Phi) is 5.66. The number of benzene rings is 1. The maximum atomic E-state index is 12.6. The zero-order valence-corrected chi connectivity index (χ0v) is 16.3. The van der Waals surface area contributed by atoms with Crippen LogP contribution in [0.3, 0.4) is 0 Å². The molecule has 0 radical (unpaired) electrons. The van der Waals surface area contributed by atoms with Gasteiger partial charge in [0.2, 0.25) is 11.8 Å². The van der Waals surface area contributed by atoms with Crippen molar-refractivity contribution >= 4 is 17.5 Å². The number of anilines is 1. The first kappa shape index (κ1) is 18.9. The molecular formula is C21H31N3O2. The van der Waals surface area contributed by atoms with Gasteiger partial charge in [-0.25, -0.2) is 0 Å². The van der Waals surface area contributed by atoms with Crippen LogP contribution in [0.15, 0.2) is 24.3 Å². The summed E-state index contributed by atoms with van der Waals surface area (Å²) in [5, 5.41) is 0. The molecule has 0 bridgehead atoms. The average Bonchev–Trinajstić information content (AvgIpc) is 3.03. The smallest absolute Gasteiger partial charge is 0.228 e. The van der Waals surface area contributed by atoms with E-state index in [1.165, 1.54) is 5.56 Å². The van der Waals surface area contributed by atoms with Gasteiger partial charge in [0.25, 0.3) is 0 Å². The van der Waals surface area contributed by atoms with Gasteiger partial charge >= 0.3 is 0 Å². The molecule has 0 atom stereocenters. The number of hydrogen-bond donors (Lipinski definition) is 0. The largest absolute Gasteiger partial charge is 0.340 e. The van der Waals surface area contributed by atoms with E-state index in [9.17, 15) is 9.59 Å². The number of carbonyl (C=O) groups excluding carboxylic acids is 2. The van der Waals surface area contributed by atoms with Crippen molar-refractivity contribution < 1.29 is 9.59 Å². The first-order valence-electron chi connectivity index (χ1n) is 9.72. The highest BCUT2D eigenvalue weighted by Crippen LogP contribution is 2.28. The Labute approximate surface area is 156 Å². The second kappa shape index (κ2) is 7.78. The van der Waals surface area contributed by atoms with Crippen molar-refractivity contribution in [3.63, 3.8) is 0 Å². The molecular weight excluding hydrogens is 326 g/mol. The quantitative estimate of drug-likeness (QED) is 0.832. The predicted molar refractivity (Wildman–Crippen MR) is 104 cm³/mol. The number of piperazine rings is 1. The molecule has 0 spiro atoms. The van der Waals surface area contributed by atoms with Gasteiger partial charge in [-0.2, -0.15) is 0 Å². The third kappa shape index (κ3) is 4.64. The number of rotatable bonds is 4. The summed E-state index contributed by atoms with van der Waals surface area (Å²) in [6.45, 7) is 11.1. The van der Waals surface area contributed by atoms with E-state index in [1.54, 1.807) is 0 Å². The van der Waals surface area contributed by atoms with Crippen LogP contribution >= 0.6 is 0 Å². The van der Waals surface area contributed by atoms with Crippen molar-refractivity contribution in [3.8, 4) is 0 Å². The Morgan fingerprint density at radius 1 is 0.962 bits per heavy atom. The molecule has 0 aliphatic carbocycles. The van der Waals surface area contributed by atoms with Crippen LogP contribution in [0.2, 0.25) is 0 Å². The van der Waals surface area contributed by atoms with Crippen LogP contribution in [0.5, 0.6) is 0 Å². The summed E-state index contributed by atoms with van der Waals surface area (Å²) in [5.74, 6) is 0.461. The van der Waals surface area contributed by atoms with Crippen molar-refractivity contribution in [2.75, 3.05) is 44.2 Å². The molecule has 2 heterocycles. The molecule has 1 fully saturated rings. The average molecular weight is 357 g/mol. The first-order valence-corrected chi connectivity index (χ1v) is 9.72. The van der Waals surface area contributed by atoms with Gasteiger partial charge in [-0.05, 0) is 23.5 Å². The van der Waals surface area contributed by atoms with E-state index in [1.807, 2.05) is 28.0 Å². The summed E-state index contributed by atoms with van der Waals surface area (Å²) in [6.07, 6.45) is 2.10. The fourth-order valence-electron chi connectivity index (χ4n) is 3.77. The molecule has 2 amide bonds. The van der Waals surface area contributed by atoms with E-state index in [0.717, 1.165) is 51.4 Å². The molecule has 5 heteroatoms. The minimum Gasteiger partial charge on any atom is -0.340 e. The van der Waals surface area contributed by atoms with E-state index in [0.29, 0.717) is 12.8 Å². The van der Waals surface area contributed by atoms with Crippen molar-refractivity contribution in [2.24, 2.45) is 5.41 Å². The number of nitrogens with zero attached hydrogens (tertiary/aromatic N) is 3. The number of fused-ring (bicyclic) bond motifs is 1. The minimum atomic E-state index is 0.0344. The van der Waals surface area contributed by atoms with Crippen LogP contribution in [-0.4, -0.2) is 60.9 Å². The van der Waals surface area contributed by atoms with Gasteiger partial charge in [0.05, 0.1) is 0 Å². The molecule has 5 nitrogen and oxygen atoms in total. The Morgan fingerprint density at radius 3 is 2.35 bits per heavy atom. The van der Waals surface area contributed by atoms with Gasteiger partial charge < -0.3 is 9.80 Å². The zero-order valence-electron chi connectivity index (χ0n) is 16.3. The fourth-order valence-corrected chi connectivity index (χ4v) is 3.77. The summed E-state index contributed by atoms with van der Waals surface area (Å²) < 4.78 is 0. The number of carbonyl (C=O) groups is 2. The van der Waals surface area contributed by atoms with Gasteiger partial charge in [-0.1, -0.05) is 39.0 Å². The molecule has 26 heavy (non-hydrogen) atoms. The maximum Gasteiger partial charge on any atom is 0.228 e. The van der Waals surface area contributed by atoms with Crippen LogP contribution in [0, 0.1) is 5.41 Å². The summed E-state index contributed by atoms with van der Waals surface area (Å²) in [6, 6.07) is 8.18. The highest BCUT2D eigenvalue weighted by atomic mass is 16.2. The number of para-hydroxylation sites is 1. The van der Waals surface area contributed by atoms with Gasteiger partial charge in [-0.3, -0.25) is 14.5 Å². The van der Waals surface area contributed by atoms with Crippen molar-refractivity contribution in [3.05, 3.63) is 29.8 Å². The third-order valence-corrected chi connectivity index (χ3v) is 5.24. The lowest BCUT2D eigenvalue weighted by Crippen LogP contribution is -2.49. The Hall–Kier alpha value is -1.88. The zero-order chi connectivity index (χ0) is 18.7. The summed E-state index contributed by atoms with van der Waals surface area (Å²) in [5.41, 5.74) is 2.38. The Balaban J connectivity index is 1.43. The van der Waals surface area contributed by atoms with Crippen LogP contribution < -0.4 is 4.90 Å². The predicted octanol–water partition coefficient (Wildman–Crippen LogP) is 2.55. The first-order chi connectivity index (χ1) is 12.3. The standard InChI is InChI=1S/C21H31N3O2/c1-21(2,3)16-20(26)23-14-12-22(13-15-23)10-9-19(25)24-11-8-17-6-4-5-7-18(17)24/h4-7H,8-16H2,1-3H3. The number of amides is 2. The van der Waals surface area contributed by atoms with E-state index in [2.05, 4.69) is 31.7 Å². The van der Waals surface area contributed by atoms with Crippen LogP contribution in [0.1, 0.15) is 39.2 Å². The monoisotopic (exact) mass is 357 g/mol.